The maximum atomic E-state index is 12.9. The van der Waals surface area contributed by atoms with Crippen LogP contribution in [0.15, 0.2) is 24.4 Å². The van der Waals surface area contributed by atoms with E-state index in [4.69, 9.17) is 5.11 Å². The number of aliphatic carboxylic acids is 1. The van der Waals surface area contributed by atoms with E-state index >= 15 is 0 Å². The third kappa shape index (κ3) is 2.31. The standard InChI is InChI=1S/C13H11F3N2O2/c1-12(2,11(19)20)10-17-6-7-4-3-5-8(9(7)18-10)13(14,15)16/h3-6H,1-2H3,(H,19,20). The molecule has 0 fully saturated rings. The summed E-state index contributed by atoms with van der Waals surface area (Å²) >= 11 is 0. The van der Waals surface area contributed by atoms with Gasteiger partial charge < -0.3 is 5.11 Å². The summed E-state index contributed by atoms with van der Waals surface area (Å²) < 4.78 is 38.8. The Kier molecular flexibility index (Phi) is 3.15. The van der Waals surface area contributed by atoms with Gasteiger partial charge in [-0.3, -0.25) is 4.79 Å². The highest BCUT2D eigenvalue weighted by atomic mass is 19.4. The summed E-state index contributed by atoms with van der Waals surface area (Å²) in [5.74, 6) is -1.37. The van der Waals surface area contributed by atoms with Crippen molar-refractivity contribution in [3.63, 3.8) is 0 Å². The van der Waals surface area contributed by atoms with Gasteiger partial charge in [0.2, 0.25) is 0 Å². The Labute approximate surface area is 112 Å². The van der Waals surface area contributed by atoms with Crippen molar-refractivity contribution in [2.45, 2.75) is 25.4 Å². The first-order chi connectivity index (χ1) is 9.14. The molecule has 0 spiro atoms. The molecule has 0 atom stereocenters. The van der Waals surface area contributed by atoms with Gasteiger partial charge in [0, 0.05) is 11.6 Å². The number of carbonyl (C=O) groups is 1. The number of hydrogen-bond acceptors (Lipinski definition) is 3. The minimum Gasteiger partial charge on any atom is -0.481 e. The van der Waals surface area contributed by atoms with E-state index in [1.165, 1.54) is 32.2 Å². The Balaban J connectivity index is 2.73. The second-order valence-electron chi connectivity index (χ2n) is 4.86. The molecule has 20 heavy (non-hydrogen) atoms. The average Bonchev–Trinajstić information content (AvgIpc) is 2.36. The van der Waals surface area contributed by atoms with Gasteiger partial charge in [-0.1, -0.05) is 12.1 Å². The lowest BCUT2D eigenvalue weighted by Crippen LogP contribution is -2.31. The number of alkyl halides is 3. The highest BCUT2D eigenvalue weighted by molar-refractivity contribution is 5.83. The van der Waals surface area contributed by atoms with E-state index in [1.54, 1.807) is 0 Å². The molecule has 0 unspecified atom stereocenters. The van der Waals surface area contributed by atoms with Gasteiger partial charge in [-0.2, -0.15) is 13.2 Å². The number of fused-ring (bicyclic) bond motifs is 1. The summed E-state index contributed by atoms with van der Waals surface area (Å²) in [6.45, 7) is 2.68. The van der Waals surface area contributed by atoms with E-state index in [0.717, 1.165) is 6.07 Å². The zero-order valence-electron chi connectivity index (χ0n) is 10.7. The second kappa shape index (κ2) is 4.43. The van der Waals surface area contributed by atoms with E-state index < -0.39 is 23.1 Å². The third-order valence-corrected chi connectivity index (χ3v) is 3.01. The fourth-order valence-electron chi connectivity index (χ4n) is 1.68. The molecule has 0 radical (unpaired) electrons. The Morgan fingerprint density at radius 1 is 1.25 bits per heavy atom. The molecule has 1 aromatic carbocycles. The fourth-order valence-corrected chi connectivity index (χ4v) is 1.68. The van der Waals surface area contributed by atoms with Crippen LogP contribution in [0.2, 0.25) is 0 Å². The molecule has 0 saturated heterocycles. The van der Waals surface area contributed by atoms with Crippen molar-refractivity contribution in [3.8, 4) is 0 Å². The highest BCUT2D eigenvalue weighted by Gasteiger charge is 2.36. The van der Waals surface area contributed by atoms with Crippen LogP contribution in [0.1, 0.15) is 25.2 Å². The van der Waals surface area contributed by atoms with Crippen LogP contribution in [-0.4, -0.2) is 21.0 Å². The van der Waals surface area contributed by atoms with Gasteiger partial charge in [-0.25, -0.2) is 9.97 Å². The quantitative estimate of drug-likeness (QED) is 0.920. The molecule has 2 aromatic rings. The van der Waals surface area contributed by atoms with Crippen molar-refractivity contribution < 1.29 is 23.1 Å². The number of benzene rings is 1. The fraction of sp³-hybridized carbons (Fsp3) is 0.308. The van der Waals surface area contributed by atoms with Gasteiger partial charge >= 0.3 is 12.1 Å². The van der Waals surface area contributed by atoms with E-state index in [-0.39, 0.29) is 16.7 Å². The first-order valence-electron chi connectivity index (χ1n) is 5.71. The third-order valence-electron chi connectivity index (χ3n) is 3.01. The van der Waals surface area contributed by atoms with Gasteiger partial charge in [0.15, 0.2) is 0 Å². The number of para-hydroxylation sites is 1. The number of carboxylic acid groups (broad SMARTS) is 1. The molecule has 1 heterocycles. The molecule has 7 heteroatoms. The summed E-state index contributed by atoms with van der Waals surface area (Å²) in [4.78, 5) is 18.8. The van der Waals surface area contributed by atoms with Crippen LogP contribution in [0.4, 0.5) is 13.2 Å². The maximum absolute atomic E-state index is 12.9. The Bertz CT molecular complexity index is 681. The molecule has 1 N–H and O–H groups in total. The van der Waals surface area contributed by atoms with E-state index in [9.17, 15) is 18.0 Å². The predicted molar refractivity (Wildman–Crippen MR) is 65.2 cm³/mol. The molecule has 0 saturated carbocycles. The Hall–Kier alpha value is -2.18. The lowest BCUT2D eigenvalue weighted by Gasteiger charge is -2.18. The summed E-state index contributed by atoms with van der Waals surface area (Å²) in [6, 6.07) is 3.62. The smallest absolute Gasteiger partial charge is 0.418 e. The molecule has 4 nitrogen and oxygen atoms in total. The monoisotopic (exact) mass is 284 g/mol. The Morgan fingerprint density at radius 3 is 2.45 bits per heavy atom. The van der Waals surface area contributed by atoms with Crippen molar-refractivity contribution in [3.05, 3.63) is 35.8 Å². The van der Waals surface area contributed by atoms with Crippen molar-refractivity contribution >= 4 is 16.9 Å². The van der Waals surface area contributed by atoms with Gasteiger partial charge in [-0.05, 0) is 19.9 Å². The summed E-state index contributed by atoms with van der Waals surface area (Å²) in [5.41, 5.74) is -2.66. The van der Waals surface area contributed by atoms with Crippen LogP contribution in [0.5, 0.6) is 0 Å². The summed E-state index contributed by atoms with van der Waals surface area (Å²) in [5, 5.41) is 9.31. The van der Waals surface area contributed by atoms with E-state index in [0.29, 0.717) is 0 Å². The number of aromatic nitrogens is 2. The number of rotatable bonds is 2. The van der Waals surface area contributed by atoms with Gasteiger partial charge in [0.25, 0.3) is 0 Å². The molecular formula is C13H11F3N2O2. The normalized spacial score (nSPS) is 12.7. The lowest BCUT2D eigenvalue weighted by molar-refractivity contribution is -0.142. The van der Waals surface area contributed by atoms with Crippen molar-refractivity contribution in [1.82, 2.24) is 9.97 Å². The molecular weight excluding hydrogens is 273 g/mol. The largest absolute Gasteiger partial charge is 0.481 e. The summed E-state index contributed by atoms with van der Waals surface area (Å²) in [6.07, 6.45) is -3.35. The molecule has 0 amide bonds. The van der Waals surface area contributed by atoms with Gasteiger partial charge in [0.05, 0.1) is 11.1 Å². The topological polar surface area (TPSA) is 63.1 Å². The van der Waals surface area contributed by atoms with Crippen LogP contribution in [0.3, 0.4) is 0 Å². The first-order valence-corrected chi connectivity index (χ1v) is 5.71. The van der Waals surface area contributed by atoms with Crippen LogP contribution < -0.4 is 0 Å². The number of nitrogens with zero attached hydrogens (tertiary/aromatic N) is 2. The maximum Gasteiger partial charge on any atom is 0.418 e. The number of carboxylic acids is 1. The highest BCUT2D eigenvalue weighted by Crippen LogP contribution is 2.34. The molecule has 0 aliphatic heterocycles. The van der Waals surface area contributed by atoms with Crippen molar-refractivity contribution in [1.29, 1.82) is 0 Å². The zero-order valence-corrected chi connectivity index (χ0v) is 10.7. The molecule has 0 bridgehead atoms. The van der Waals surface area contributed by atoms with Crippen molar-refractivity contribution in [2.24, 2.45) is 0 Å². The molecule has 0 aliphatic carbocycles. The van der Waals surface area contributed by atoms with Crippen molar-refractivity contribution in [2.75, 3.05) is 0 Å². The SMILES string of the molecule is CC(C)(C(=O)O)c1ncc2cccc(C(F)(F)F)c2n1. The van der Waals surface area contributed by atoms with Crippen LogP contribution in [0, 0.1) is 0 Å². The van der Waals surface area contributed by atoms with Crippen LogP contribution in [0.25, 0.3) is 10.9 Å². The summed E-state index contributed by atoms with van der Waals surface area (Å²) in [7, 11) is 0. The first kappa shape index (κ1) is 14.2. The van der Waals surface area contributed by atoms with Gasteiger partial charge in [-0.15, -0.1) is 0 Å². The average molecular weight is 284 g/mol. The zero-order chi connectivity index (χ0) is 15.1. The number of halogens is 3. The second-order valence-corrected chi connectivity index (χ2v) is 4.86. The predicted octanol–water partition coefficient (Wildman–Crippen LogP) is 3.01. The molecule has 1 aromatic heterocycles. The van der Waals surface area contributed by atoms with E-state index in [2.05, 4.69) is 9.97 Å². The van der Waals surface area contributed by atoms with Crippen LogP contribution in [-0.2, 0) is 16.4 Å². The van der Waals surface area contributed by atoms with Gasteiger partial charge in [0.1, 0.15) is 11.2 Å². The minimum atomic E-state index is -4.56. The lowest BCUT2D eigenvalue weighted by atomic mass is 9.92. The molecule has 2 rings (SSSR count). The van der Waals surface area contributed by atoms with Crippen LogP contribution >= 0.6 is 0 Å². The number of hydrogen-bond donors (Lipinski definition) is 1. The minimum absolute atomic E-state index is 0.158. The molecule has 0 aliphatic rings. The molecule has 106 valence electrons. The Morgan fingerprint density at radius 2 is 1.90 bits per heavy atom. The van der Waals surface area contributed by atoms with E-state index in [1.807, 2.05) is 0 Å².